The van der Waals surface area contributed by atoms with Crippen LogP contribution in [0.2, 0.25) is 0 Å². The van der Waals surface area contributed by atoms with E-state index >= 15 is 0 Å². The zero-order valence-electron chi connectivity index (χ0n) is 16.7. The molecule has 0 aliphatic carbocycles. The van der Waals surface area contributed by atoms with Crippen LogP contribution in [0.25, 0.3) is 0 Å². The molecule has 1 aliphatic heterocycles. The Bertz CT molecular complexity index is 553. The number of carbonyl (C=O) groups excluding carboxylic acids is 1. The van der Waals surface area contributed by atoms with Crippen molar-refractivity contribution in [2.24, 2.45) is 5.92 Å². The highest BCUT2D eigenvalue weighted by molar-refractivity contribution is 5.97. The summed E-state index contributed by atoms with van der Waals surface area (Å²) < 4.78 is 11.5. The molecule has 0 radical (unpaired) electrons. The average Bonchev–Trinajstić information content (AvgIpc) is 2.65. The molecule has 26 heavy (non-hydrogen) atoms. The number of amides is 1. The summed E-state index contributed by atoms with van der Waals surface area (Å²) in [6.07, 6.45) is 3.20. The van der Waals surface area contributed by atoms with Crippen molar-refractivity contribution in [1.29, 1.82) is 0 Å². The molecule has 1 fully saturated rings. The molecule has 1 heterocycles. The number of hydrogen-bond acceptors (Lipinski definition) is 4. The lowest BCUT2D eigenvalue weighted by molar-refractivity contribution is -0.139. The lowest BCUT2D eigenvalue weighted by Crippen LogP contribution is -2.42. The number of benzene rings is 1. The molecule has 5 nitrogen and oxygen atoms in total. The van der Waals surface area contributed by atoms with Gasteiger partial charge in [-0.3, -0.25) is 9.69 Å². The Kier molecular flexibility index (Phi) is 7.91. The SMILES string of the molecule is CCO[C@@](C)(CC)C(=O)Nc1ccc(OCCN2CCC(C)CC2)cc1. The summed E-state index contributed by atoms with van der Waals surface area (Å²) in [5.41, 5.74) is -0.0395. The fourth-order valence-electron chi connectivity index (χ4n) is 3.12. The van der Waals surface area contributed by atoms with Gasteiger partial charge in [0.25, 0.3) is 5.91 Å². The minimum absolute atomic E-state index is 0.116. The molecule has 1 N–H and O–H groups in total. The van der Waals surface area contributed by atoms with Crippen molar-refractivity contribution in [3.8, 4) is 5.75 Å². The van der Waals surface area contributed by atoms with Crippen molar-refractivity contribution >= 4 is 11.6 Å². The first kappa shape index (κ1) is 20.7. The maximum atomic E-state index is 12.4. The predicted molar refractivity (Wildman–Crippen MR) is 106 cm³/mol. The second-order valence-electron chi connectivity index (χ2n) is 7.37. The van der Waals surface area contributed by atoms with Crippen molar-refractivity contribution < 1.29 is 14.3 Å². The molecule has 1 aromatic rings. The Morgan fingerprint density at radius 2 is 1.88 bits per heavy atom. The van der Waals surface area contributed by atoms with E-state index in [1.54, 1.807) is 0 Å². The molecule has 5 heteroatoms. The van der Waals surface area contributed by atoms with E-state index in [4.69, 9.17) is 9.47 Å². The third kappa shape index (κ3) is 5.99. The molecule has 0 bridgehead atoms. The maximum Gasteiger partial charge on any atom is 0.256 e. The molecular weight excluding hydrogens is 328 g/mol. The summed E-state index contributed by atoms with van der Waals surface area (Å²) >= 11 is 0. The van der Waals surface area contributed by atoms with Crippen LogP contribution in [-0.2, 0) is 9.53 Å². The van der Waals surface area contributed by atoms with Crippen LogP contribution in [-0.4, -0.2) is 49.3 Å². The molecule has 0 saturated carbocycles. The van der Waals surface area contributed by atoms with E-state index in [1.807, 2.05) is 45.0 Å². The van der Waals surface area contributed by atoms with Gasteiger partial charge in [-0.25, -0.2) is 0 Å². The Morgan fingerprint density at radius 3 is 2.46 bits per heavy atom. The van der Waals surface area contributed by atoms with E-state index in [1.165, 1.54) is 25.9 Å². The van der Waals surface area contributed by atoms with Crippen LogP contribution >= 0.6 is 0 Å². The minimum atomic E-state index is -0.796. The van der Waals surface area contributed by atoms with Gasteiger partial charge in [0, 0.05) is 18.8 Å². The highest BCUT2D eigenvalue weighted by atomic mass is 16.5. The molecule has 1 aliphatic rings. The van der Waals surface area contributed by atoms with E-state index in [2.05, 4.69) is 17.1 Å². The van der Waals surface area contributed by atoms with E-state index in [-0.39, 0.29) is 5.91 Å². The number of rotatable bonds is 9. The van der Waals surface area contributed by atoms with Gasteiger partial charge in [0.1, 0.15) is 18.0 Å². The Morgan fingerprint density at radius 1 is 1.23 bits per heavy atom. The molecule has 1 aromatic carbocycles. The van der Waals surface area contributed by atoms with E-state index in [9.17, 15) is 4.79 Å². The fraction of sp³-hybridized carbons (Fsp3) is 0.667. The van der Waals surface area contributed by atoms with Crippen LogP contribution in [0, 0.1) is 5.92 Å². The molecule has 0 spiro atoms. The smallest absolute Gasteiger partial charge is 0.256 e. The number of ether oxygens (including phenoxy) is 2. The number of anilines is 1. The standard InChI is InChI=1S/C21H34N2O3/c1-5-21(4,26-6-2)20(24)22-18-7-9-19(10-8-18)25-16-15-23-13-11-17(3)12-14-23/h7-10,17H,5-6,11-16H2,1-4H3,(H,22,24)/t21-/m0/s1. The number of carbonyl (C=O) groups is 1. The van der Waals surface area contributed by atoms with Crippen LogP contribution in [0.1, 0.15) is 47.0 Å². The Labute approximate surface area is 158 Å². The molecular formula is C21H34N2O3. The maximum absolute atomic E-state index is 12.4. The number of piperidine rings is 1. The van der Waals surface area contributed by atoms with Gasteiger partial charge in [-0.2, -0.15) is 0 Å². The van der Waals surface area contributed by atoms with E-state index < -0.39 is 5.60 Å². The zero-order chi connectivity index (χ0) is 19.0. The third-order valence-corrected chi connectivity index (χ3v) is 5.28. The first-order valence-corrected chi connectivity index (χ1v) is 9.87. The van der Waals surface area contributed by atoms with Gasteiger partial charge in [-0.15, -0.1) is 0 Å². The normalized spacial score (nSPS) is 18.3. The van der Waals surface area contributed by atoms with Crippen LogP contribution in [0.15, 0.2) is 24.3 Å². The summed E-state index contributed by atoms with van der Waals surface area (Å²) in [6, 6.07) is 7.55. The zero-order valence-corrected chi connectivity index (χ0v) is 16.7. The number of nitrogens with one attached hydrogen (secondary N) is 1. The number of nitrogens with zero attached hydrogens (tertiary/aromatic N) is 1. The first-order valence-electron chi connectivity index (χ1n) is 9.87. The summed E-state index contributed by atoms with van der Waals surface area (Å²) in [7, 11) is 0. The second kappa shape index (κ2) is 9.93. The molecule has 0 aromatic heterocycles. The van der Waals surface area contributed by atoms with Gasteiger partial charge in [0.2, 0.25) is 0 Å². The molecule has 2 rings (SSSR count). The highest BCUT2D eigenvalue weighted by Crippen LogP contribution is 2.21. The molecule has 0 unspecified atom stereocenters. The number of likely N-dealkylation sites (tertiary alicyclic amines) is 1. The number of hydrogen-bond donors (Lipinski definition) is 1. The van der Waals surface area contributed by atoms with Crippen LogP contribution in [0.3, 0.4) is 0 Å². The molecule has 1 atom stereocenters. The monoisotopic (exact) mass is 362 g/mol. The largest absolute Gasteiger partial charge is 0.492 e. The third-order valence-electron chi connectivity index (χ3n) is 5.28. The van der Waals surface area contributed by atoms with Crippen LogP contribution in [0.4, 0.5) is 5.69 Å². The Balaban J connectivity index is 1.78. The van der Waals surface area contributed by atoms with Crippen molar-refractivity contribution in [3.05, 3.63) is 24.3 Å². The summed E-state index contributed by atoms with van der Waals surface area (Å²) in [5, 5.41) is 2.93. The van der Waals surface area contributed by atoms with Crippen molar-refractivity contribution in [3.63, 3.8) is 0 Å². The first-order chi connectivity index (χ1) is 12.5. The predicted octanol–water partition coefficient (Wildman–Crippen LogP) is 3.94. The average molecular weight is 363 g/mol. The van der Waals surface area contributed by atoms with Crippen molar-refractivity contribution in [2.75, 3.05) is 38.2 Å². The van der Waals surface area contributed by atoms with Gasteiger partial charge < -0.3 is 14.8 Å². The van der Waals surface area contributed by atoms with Crippen molar-refractivity contribution in [1.82, 2.24) is 4.90 Å². The lowest BCUT2D eigenvalue weighted by atomic mass is 9.99. The topological polar surface area (TPSA) is 50.8 Å². The van der Waals surface area contributed by atoms with Crippen molar-refractivity contribution in [2.45, 2.75) is 52.6 Å². The minimum Gasteiger partial charge on any atom is -0.492 e. The quantitative estimate of drug-likeness (QED) is 0.723. The fourth-order valence-corrected chi connectivity index (χ4v) is 3.12. The summed E-state index contributed by atoms with van der Waals surface area (Å²) in [6.45, 7) is 12.5. The van der Waals surface area contributed by atoms with Gasteiger partial charge in [0.15, 0.2) is 0 Å². The van der Waals surface area contributed by atoms with Crippen LogP contribution in [0.5, 0.6) is 5.75 Å². The van der Waals surface area contributed by atoms with Crippen LogP contribution < -0.4 is 10.1 Å². The molecule has 146 valence electrons. The Hall–Kier alpha value is -1.59. The molecule has 1 amide bonds. The summed E-state index contributed by atoms with van der Waals surface area (Å²) in [5.74, 6) is 1.57. The van der Waals surface area contributed by atoms with Gasteiger partial charge >= 0.3 is 0 Å². The lowest BCUT2D eigenvalue weighted by Gasteiger charge is -2.29. The van der Waals surface area contributed by atoms with E-state index in [0.29, 0.717) is 19.6 Å². The van der Waals surface area contributed by atoms with Gasteiger partial charge in [-0.05, 0) is 76.4 Å². The second-order valence-corrected chi connectivity index (χ2v) is 7.37. The van der Waals surface area contributed by atoms with Gasteiger partial charge in [0.05, 0.1) is 0 Å². The highest BCUT2D eigenvalue weighted by Gasteiger charge is 2.31. The molecule has 1 saturated heterocycles. The van der Waals surface area contributed by atoms with E-state index in [0.717, 1.165) is 23.9 Å². The summed E-state index contributed by atoms with van der Waals surface area (Å²) in [4.78, 5) is 14.9. The van der Waals surface area contributed by atoms with Gasteiger partial charge in [-0.1, -0.05) is 13.8 Å².